The number of hydrogen-bond acceptors (Lipinski definition) is 4. The molecule has 0 saturated carbocycles. The summed E-state index contributed by atoms with van der Waals surface area (Å²) in [5.41, 5.74) is 0. The minimum atomic E-state index is 0.127. The number of hydrogen-bond donors (Lipinski definition) is 2. The first-order chi connectivity index (χ1) is 7.24. The average Bonchev–Trinajstić information content (AvgIpc) is 2.70. The van der Waals surface area contributed by atoms with E-state index < -0.39 is 0 Å². The fraction of sp³-hybridized carbons (Fsp3) is 0.667. The second-order valence-electron chi connectivity index (χ2n) is 3.39. The summed E-state index contributed by atoms with van der Waals surface area (Å²) in [6, 6.07) is 0. The van der Waals surface area contributed by atoms with Crippen LogP contribution in [0.1, 0.15) is 18.7 Å². The van der Waals surface area contributed by atoms with Gasteiger partial charge in [0, 0.05) is 13.5 Å². The lowest BCUT2D eigenvalue weighted by molar-refractivity contribution is -0.130. The van der Waals surface area contributed by atoms with Gasteiger partial charge in [-0.15, -0.1) is 0 Å². The summed E-state index contributed by atoms with van der Waals surface area (Å²) in [5, 5.41) is 9.46. The van der Waals surface area contributed by atoms with Gasteiger partial charge in [-0.3, -0.25) is 9.89 Å². The Balaban J connectivity index is 2.27. The van der Waals surface area contributed by atoms with Crippen LogP contribution in [0.5, 0.6) is 0 Å². The highest BCUT2D eigenvalue weighted by Crippen LogP contribution is 1.99. The molecule has 15 heavy (non-hydrogen) atoms. The Morgan fingerprint density at radius 1 is 1.67 bits per heavy atom. The molecule has 0 radical (unpaired) electrons. The molecule has 1 rings (SSSR count). The van der Waals surface area contributed by atoms with Crippen LogP contribution < -0.4 is 5.32 Å². The van der Waals surface area contributed by atoms with Crippen molar-refractivity contribution in [3.05, 3.63) is 12.2 Å². The number of nitrogens with one attached hydrogen (secondary N) is 2. The van der Waals surface area contributed by atoms with E-state index in [1.807, 2.05) is 7.05 Å². The standard InChI is InChI=1S/C9H17N5O/c1-10-5-3-4-9(15)14(2)6-8-11-7-12-13-8/h7,10H,3-6H2,1-2H3,(H,11,12,13). The van der Waals surface area contributed by atoms with Crippen LogP contribution in [-0.2, 0) is 11.3 Å². The Labute approximate surface area is 89.1 Å². The van der Waals surface area contributed by atoms with Gasteiger partial charge in [0.05, 0.1) is 6.54 Å². The van der Waals surface area contributed by atoms with Crippen LogP contribution in [0, 0.1) is 0 Å². The number of amides is 1. The van der Waals surface area contributed by atoms with Crippen molar-refractivity contribution in [1.29, 1.82) is 0 Å². The molecule has 0 bridgehead atoms. The van der Waals surface area contributed by atoms with Crippen molar-refractivity contribution in [2.75, 3.05) is 20.6 Å². The highest BCUT2D eigenvalue weighted by atomic mass is 16.2. The van der Waals surface area contributed by atoms with Gasteiger partial charge in [0.25, 0.3) is 0 Å². The number of nitrogens with zero attached hydrogens (tertiary/aromatic N) is 3. The second-order valence-corrected chi connectivity index (χ2v) is 3.39. The van der Waals surface area contributed by atoms with Crippen molar-refractivity contribution in [3.63, 3.8) is 0 Å². The van der Waals surface area contributed by atoms with Gasteiger partial charge in [0.1, 0.15) is 12.2 Å². The molecule has 0 aliphatic heterocycles. The summed E-state index contributed by atoms with van der Waals surface area (Å²) >= 11 is 0. The number of carbonyl (C=O) groups is 1. The van der Waals surface area contributed by atoms with Crippen molar-refractivity contribution < 1.29 is 4.79 Å². The molecular weight excluding hydrogens is 194 g/mol. The van der Waals surface area contributed by atoms with Crippen molar-refractivity contribution in [3.8, 4) is 0 Å². The van der Waals surface area contributed by atoms with Crippen LogP contribution in [-0.4, -0.2) is 46.6 Å². The summed E-state index contributed by atoms with van der Waals surface area (Å²) in [6.07, 6.45) is 2.86. The maximum atomic E-state index is 11.6. The number of H-pyrrole nitrogens is 1. The third-order valence-electron chi connectivity index (χ3n) is 2.10. The summed E-state index contributed by atoms with van der Waals surface area (Å²) in [4.78, 5) is 17.2. The summed E-state index contributed by atoms with van der Waals surface area (Å²) in [5.74, 6) is 0.834. The molecule has 1 heterocycles. The van der Waals surface area contributed by atoms with Gasteiger partial charge >= 0.3 is 0 Å². The van der Waals surface area contributed by atoms with Gasteiger partial charge in [-0.2, -0.15) is 5.10 Å². The number of aromatic nitrogens is 3. The van der Waals surface area contributed by atoms with Gasteiger partial charge in [-0.05, 0) is 20.0 Å². The van der Waals surface area contributed by atoms with Gasteiger partial charge in [-0.25, -0.2) is 4.98 Å². The molecule has 1 aromatic rings. The molecule has 6 nitrogen and oxygen atoms in total. The minimum Gasteiger partial charge on any atom is -0.338 e. The van der Waals surface area contributed by atoms with E-state index in [1.165, 1.54) is 6.33 Å². The van der Waals surface area contributed by atoms with Gasteiger partial charge in [0.15, 0.2) is 0 Å². The predicted octanol–water partition coefficient (Wildman–Crippen LogP) is -0.237. The maximum absolute atomic E-state index is 11.6. The van der Waals surface area contributed by atoms with Crippen molar-refractivity contribution in [1.82, 2.24) is 25.4 Å². The first-order valence-corrected chi connectivity index (χ1v) is 4.97. The van der Waals surface area contributed by atoms with E-state index in [-0.39, 0.29) is 5.91 Å². The van der Waals surface area contributed by atoms with E-state index >= 15 is 0 Å². The Bertz CT molecular complexity index is 285. The van der Waals surface area contributed by atoms with E-state index in [4.69, 9.17) is 0 Å². The Hall–Kier alpha value is -1.43. The quantitative estimate of drug-likeness (QED) is 0.637. The van der Waals surface area contributed by atoms with E-state index in [9.17, 15) is 4.79 Å². The lowest BCUT2D eigenvalue weighted by Gasteiger charge is -2.15. The van der Waals surface area contributed by atoms with Crippen LogP contribution in [0.25, 0.3) is 0 Å². The van der Waals surface area contributed by atoms with E-state index in [0.29, 0.717) is 18.8 Å². The van der Waals surface area contributed by atoms with Crippen LogP contribution in [0.15, 0.2) is 6.33 Å². The molecular formula is C9H17N5O. The lowest BCUT2D eigenvalue weighted by Crippen LogP contribution is -2.27. The molecule has 6 heteroatoms. The number of aromatic amines is 1. The molecule has 0 aliphatic carbocycles. The second kappa shape index (κ2) is 6.13. The SMILES string of the molecule is CNCCCC(=O)N(C)Cc1ncn[nH]1. The summed E-state index contributed by atoms with van der Waals surface area (Å²) < 4.78 is 0. The fourth-order valence-corrected chi connectivity index (χ4v) is 1.23. The van der Waals surface area contributed by atoms with Crippen molar-refractivity contribution in [2.45, 2.75) is 19.4 Å². The first kappa shape index (κ1) is 11.6. The zero-order valence-electron chi connectivity index (χ0n) is 9.16. The van der Waals surface area contributed by atoms with Gasteiger partial charge in [-0.1, -0.05) is 0 Å². The monoisotopic (exact) mass is 211 g/mol. The molecule has 2 N–H and O–H groups in total. The highest BCUT2D eigenvalue weighted by molar-refractivity contribution is 5.75. The van der Waals surface area contributed by atoms with Crippen molar-refractivity contribution in [2.24, 2.45) is 0 Å². The predicted molar refractivity (Wildman–Crippen MR) is 56.0 cm³/mol. The molecule has 1 aromatic heterocycles. The van der Waals surface area contributed by atoms with Gasteiger partial charge in [0.2, 0.25) is 5.91 Å². The number of carbonyl (C=O) groups excluding carboxylic acids is 1. The molecule has 84 valence electrons. The highest BCUT2D eigenvalue weighted by Gasteiger charge is 2.09. The Morgan fingerprint density at radius 3 is 3.07 bits per heavy atom. The van der Waals surface area contributed by atoms with E-state index in [1.54, 1.807) is 11.9 Å². The van der Waals surface area contributed by atoms with Crippen LogP contribution in [0.3, 0.4) is 0 Å². The molecule has 0 fully saturated rings. The molecule has 0 saturated heterocycles. The molecule has 0 unspecified atom stereocenters. The van der Waals surface area contributed by atoms with Crippen LogP contribution in [0.4, 0.5) is 0 Å². The smallest absolute Gasteiger partial charge is 0.222 e. The zero-order chi connectivity index (χ0) is 11.1. The van der Waals surface area contributed by atoms with Crippen LogP contribution >= 0.6 is 0 Å². The average molecular weight is 211 g/mol. The molecule has 0 aliphatic rings. The summed E-state index contributed by atoms with van der Waals surface area (Å²) in [7, 11) is 3.65. The Kier molecular flexibility index (Phi) is 4.76. The largest absolute Gasteiger partial charge is 0.338 e. The molecule has 0 atom stereocenters. The molecule has 0 spiro atoms. The topological polar surface area (TPSA) is 73.9 Å². The summed E-state index contributed by atoms with van der Waals surface area (Å²) in [6.45, 7) is 1.35. The van der Waals surface area contributed by atoms with E-state index in [2.05, 4.69) is 20.5 Å². The first-order valence-electron chi connectivity index (χ1n) is 4.97. The zero-order valence-corrected chi connectivity index (χ0v) is 9.16. The number of rotatable bonds is 6. The molecule has 1 amide bonds. The van der Waals surface area contributed by atoms with Gasteiger partial charge < -0.3 is 10.2 Å². The lowest BCUT2D eigenvalue weighted by atomic mass is 10.3. The third kappa shape index (κ3) is 4.07. The molecule has 0 aromatic carbocycles. The van der Waals surface area contributed by atoms with E-state index in [0.717, 1.165) is 13.0 Å². The maximum Gasteiger partial charge on any atom is 0.222 e. The minimum absolute atomic E-state index is 0.127. The normalized spacial score (nSPS) is 10.3. The fourth-order valence-electron chi connectivity index (χ4n) is 1.23. The van der Waals surface area contributed by atoms with Crippen LogP contribution in [0.2, 0.25) is 0 Å². The Morgan fingerprint density at radius 2 is 2.47 bits per heavy atom. The third-order valence-corrected chi connectivity index (χ3v) is 2.10. The van der Waals surface area contributed by atoms with Crippen molar-refractivity contribution >= 4 is 5.91 Å².